The SMILES string of the molecule is O=[N+]([O-])c1ccc(Cl)cc1NC1(CO)CCC1. The Kier molecular flexibility index (Phi) is 3.22. The molecule has 0 heterocycles. The van der Waals surface area contributed by atoms with Crippen LogP contribution in [0.25, 0.3) is 0 Å². The van der Waals surface area contributed by atoms with E-state index in [0.717, 1.165) is 19.3 Å². The van der Waals surface area contributed by atoms with Gasteiger partial charge in [-0.3, -0.25) is 10.1 Å². The van der Waals surface area contributed by atoms with Gasteiger partial charge in [-0.1, -0.05) is 11.6 Å². The number of hydrogen-bond acceptors (Lipinski definition) is 4. The lowest BCUT2D eigenvalue weighted by Gasteiger charge is -2.41. The van der Waals surface area contributed by atoms with Crippen LogP contribution in [0.4, 0.5) is 11.4 Å². The van der Waals surface area contributed by atoms with Gasteiger partial charge in [-0.05, 0) is 31.4 Å². The van der Waals surface area contributed by atoms with E-state index < -0.39 is 10.5 Å². The molecule has 0 amide bonds. The van der Waals surface area contributed by atoms with Crippen molar-refractivity contribution in [2.24, 2.45) is 0 Å². The quantitative estimate of drug-likeness (QED) is 0.641. The van der Waals surface area contributed by atoms with Crippen LogP contribution in [0.5, 0.6) is 0 Å². The van der Waals surface area contributed by atoms with Crippen LogP contribution >= 0.6 is 11.6 Å². The van der Waals surface area contributed by atoms with E-state index >= 15 is 0 Å². The van der Waals surface area contributed by atoms with E-state index in [9.17, 15) is 15.2 Å². The third-order valence-electron chi connectivity index (χ3n) is 3.17. The topological polar surface area (TPSA) is 75.4 Å². The predicted molar refractivity (Wildman–Crippen MR) is 65.4 cm³/mol. The molecule has 0 atom stereocenters. The molecule has 1 aliphatic rings. The highest BCUT2D eigenvalue weighted by Crippen LogP contribution is 2.38. The van der Waals surface area contributed by atoms with E-state index in [2.05, 4.69) is 5.32 Å². The number of halogens is 1. The summed E-state index contributed by atoms with van der Waals surface area (Å²) in [5, 5.41) is 23.7. The smallest absolute Gasteiger partial charge is 0.292 e. The van der Waals surface area contributed by atoms with Crippen LogP contribution in [0.3, 0.4) is 0 Å². The largest absolute Gasteiger partial charge is 0.394 e. The Balaban J connectivity index is 2.30. The summed E-state index contributed by atoms with van der Waals surface area (Å²) in [4.78, 5) is 10.4. The minimum absolute atomic E-state index is 0.0193. The van der Waals surface area contributed by atoms with Crippen molar-refractivity contribution in [1.29, 1.82) is 0 Å². The van der Waals surface area contributed by atoms with Crippen molar-refractivity contribution in [3.63, 3.8) is 0 Å². The maximum Gasteiger partial charge on any atom is 0.292 e. The molecule has 0 aliphatic heterocycles. The fraction of sp³-hybridized carbons (Fsp3) is 0.455. The molecule has 0 saturated heterocycles. The van der Waals surface area contributed by atoms with Gasteiger partial charge in [0.25, 0.3) is 5.69 Å². The lowest BCUT2D eigenvalue weighted by molar-refractivity contribution is -0.384. The Hall–Kier alpha value is -1.33. The number of aliphatic hydroxyl groups excluding tert-OH is 1. The molecule has 0 bridgehead atoms. The fourth-order valence-electron chi connectivity index (χ4n) is 1.98. The Bertz CT molecular complexity index is 441. The second-order valence-corrected chi connectivity index (χ2v) is 4.77. The molecule has 1 fully saturated rings. The van der Waals surface area contributed by atoms with Gasteiger partial charge in [-0.15, -0.1) is 0 Å². The van der Waals surface area contributed by atoms with Crippen molar-refractivity contribution in [3.8, 4) is 0 Å². The molecule has 0 aromatic heterocycles. The normalized spacial score (nSPS) is 17.3. The Morgan fingerprint density at radius 1 is 1.53 bits per heavy atom. The first-order valence-corrected chi connectivity index (χ1v) is 5.77. The number of anilines is 1. The van der Waals surface area contributed by atoms with Gasteiger partial charge in [-0.2, -0.15) is 0 Å². The minimum Gasteiger partial charge on any atom is -0.394 e. The maximum absolute atomic E-state index is 10.9. The first-order chi connectivity index (χ1) is 8.06. The van der Waals surface area contributed by atoms with Gasteiger partial charge in [0.15, 0.2) is 0 Å². The molecule has 17 heavy (non-hydrogen) atoms. The minimum atomic E-state index is -0.456. The Morgan fingerprint density at radius 2 is 2.24 bits per heavy atom. The van der Waals surface area contributed by atoms with Gasteiger partial charge in [0.05, 0.1) is 17.1 Å². The third-order valence-corrected chi connectivity index (χ3v) is 3.40. The van der Waals surface area contributed by atoms with Gasteiger partial charge in [-0.25, -0.2) is 0 Å². The second-order valence-electron chi connectivity index (χ2n) is 4.34. The lowest BCUT2D eigenvalue weighted by atomic mass is 9.77. The molecule has 1 aromatic carbocycles. The molecular formula is C11H13ClN2O3. The van der Waals surface area contributed by atoms with Crippen molar-refractivity contribution in [1.82, 2.24) is 0 Å². The summed E-state index contributed by atoms with van der Waals surface area (Å²) in [5.41, 5.74) is -0.0690. The first-order valence-electron chi connectivity index (χ1n) is 5.39. The number of aliphatic hydroxyl groups is 1. The van der Waals surface area contributed by atoms with Crippen molar-refractivity contribution < 1.29 is 10.0 Å². The van der Waals surface area contributed by atoms with E-state index in [0.29, 0.717) is 10.7 Å². The van der Waals surface area contributed by atoms with Crippen molar-refractivity contribution in [2.75, 3.05) is 11.9 Å². The zero-order valence-corrected chi connectivity index (χ0v) is 9.91. The second kappa shape index (κ2) is 4.50. The summed E-state index contributed by atoms with van der Waals surface area (Å²) in [6.07, 6.45) is 2.64. The summed E-state index contributed by atoms with van der Waals surface area (Å²) < 4.78 is 0. The number of rotatable bonds is 4. The molecule has 0 radical (unpaired) electrons. The molecule has 1 aliphatic carbocycles. The summed E-state index contributed by atoms with van der Waals surface area (Å²) in [6, 6.07) is 4.38. The van der Waals surface area contributed by atoms with Crippen LogP contribution in [0.15, 0.2) is 18.2 Å². The number of hydrogen-bond donors (Lipinski definition) is 2. The first kappa shape index (κ1) is 12.1. The van der Waals surface area contributed by atoms with Gasteiger partial charge in [0.2, 0.25) is 0 Å². The van der Waals surface area contributed by atoms with Crippen molar-refractivity contribution >= 4 is 23.0 Å². The summed E-state index contributed by atoms with van der Waals surface area (Å²) in [7, 11) is 0. The maximum atomic E-state index is 10.9. The molecule has 6 heteroatoms. The Morgan fingerprint density at radius 3 is 2.71 bits per heavy atom. The molecule has 5 nitrogen and oxygen atoms in total. The van der Waals surface area contributed by atoms with Crippen molar-refractivity contribution in [2.45, 2.75) is 24.8 Å². The van der Waals surface area contributed by atoms with Gasteiger partial charge < -0.3 is 10.4 Å². The highest BCUT2D eigenvalue weighted by molar-refractivity contribution is 6.31. The zero-order chi connectivity index (χ0) is 12.5. The summed E-state index contributed by atoms with van der Waals surface area (Å²) >= 11 is 5.83. The van der Waals surface area contributed by atoms with E-state index in [1.807, 2.05) is 0 Å². The number of nitrogens with one attached hydrogen (secondary N) is 1. The van der Waals surface area contributed by atoms with Crippen LogP contribution in [0, 0.1) is 10.1 Å². The van der Waals surface area contributed by atoms with E-state index in [4.69, 9.17) is 11.6 Å². The highest BCUT2D eigenvalue weighted by Gasteiger charge is 2.37. The highest BCUT2D eigenvalue weighted by atomic mass is 35.5. The van der Waals surface area contributed by atoms with Gasteiger partial charge in [0.1, 0.15) is 5.69 Å². The monoisotopic (exact) mass is 256 g/mol. The fourth-order valence-corrected chi connectivity index (χ4v) is 2.15. The number of nitro benzene ring substituents is 1. The Labute approximate surface area is 104 Å². The van der Waals surface area contributed by atoms with Crippen LogP contribution < -0.4 is 5.32 Å². The molecular weight excluding hydrogens is 244 g/mol. The summed E-state index contributed by atoms with van der Waals surface area (Å²) in [6.45, 7) is -0.0311. The number of benzene rings is 1. The molecule has 0 spiro atoms. The molecule has 1 saturated carbocycles. The third kappa shape index (κ3) is 2.35. The number of nitro groups is 1. The zero-order valence-electron chi connectivity index (χ0n) is 9.15. The van der Waals surface area contributed by atoms with Gasteiger partial charge in [0, 0.05) is 11.1 Å². The van der Waals surface area contributed by atoms with Crippen LogP contribution in [0.1, 0.15) is 19.3 Å². The van der Waals surface area contributed by atoms with Gasteiger partial charge >= 0.3 is 0 Å². The van der Waals surface area contributed by atoms with Crippen LogP contribution in [0.2, 0.25) is 5.02 Å². The van der Waals surface area contributed by atoms with Crippen molar-refractivity contribution in [3.05, 3.63) is 33.3 Å². The molecule has 2 N–H and O–H groups in total. The number of nitrogens with zero attached hydrogens (tertiary/aromatic N) is 1. The molecule has 2 rings (SSSR count). The molecule has 0 unspecified atom stereocenters. The average molecular weight is 257 g/mol. The molecule has 1 aromatic rings. The van der Waals surface area contributed by atoms with Crippen LogP contribution in [-0.2, 0) is 0 Å². The van der Waals surface area contributed by atoms with E-state index in [1.54, 1.807) is 0 Å². The van der Waals surface area contributed by atoms with E-state index in [1.165, 1.54) is 18.2 Å². The molecule has 92 valence electrons. The average Bonchev–Trinajstić information content (AvgIpc) is 2.23. The van der Waals surface area contributed by atoms with E-state index in [-0.39, 0.29) is 12.3 Å². The lowest BCUT2D eigenvalue weighted by Crippen LogP contribution is -2.48. The van der Waals surface area contributed by atoms with Crippen LogP contribution in [-0.4, -0.2) is 22.2 Å². The summed E-state index contributed by atoms with van der Waals surface area (Å²) in [5.74, 6) is 0. The standard InChI is InChI=1S/C11H13ClN2O3/c12-8-2-3-10(14(16)17)9(6-8)13-11(7-15)4-1-5-11/h2-3,6,13,15H,1,4-5,7H2. The predicted octanol–water partition coefficient (Wildman–Crippen LogP) is 2.58.